The zero-order valence-corrected chi connectivity index (χ0v) is 16.9. The Bertz CT molecular complexity index is 1280. The van der Waals surface area contributed by atoms with Crippen LogP contribution in [0.5, 0.6) is 11.5 Å². The highest BCUT2D eigenvalue weighted by molar-refractivity contribution is 6.47. The summed E-state index contributed by atoms with van der Waals surface area (Å²) < 4.78 is 25.5. The topological polar surface area (TPSA) is 69.0 Å². The third-order valence-corrected chi connectivity index (χ3v) is 4.91. The van der Waals surface area contributed by atoms with Gasteiger partial charge in [-0.15, -0.1) is 0 Å². The van der Waals surface area contributed by atoms with Crippen molar-refractivity contribution < 1.29 is 23.5 Å². The van der Waals surface area contributed by atoms with E-state index in [4.69, 9.17) is 9.47 Å². The van der Waals surface area contributed by atoms with Gasteiger partial charge in [0.2, 0.25) is 0 Å². The van der Waals surface area contributed by atoms with Crippen molar-refractivity contribution in [2.75, 3.05) is 19.5 Å². The molecule has 0 radical (unpaired) electrons. The van der Waals surface area contributed by atoms with E-state index in [0.717, 1.165) is 5.52 Å². The second-order valence-electron chi connectivity index (χ2n) is 6.76. The molecule has 0 bridgehead atoms. The Morgan fingerprint density at radius 3 is 2.42 bits per heavy atom. The maximum atomic E-state index is 13.4. The predicted octanol–water partition coefficient (Wildman–Crippen LogP) is 4.58. The average Bonchev–Trinajstić information content (AvgIpc) is 3.18. The lowest BCUT2D eigenvalue weighted by atomic mass is 10.0. The van der Waals surface area contributed by atoms with Crippen LogP contribution in [-0.4, -0.2) is 30.3 Å². The van der Waals surface area contributed by atoms with Crippen molar-refractivity contribution in [3.63, 3.8) is 0 Å². The highest BCUT2D eigenvalue weighted by Gasteiger charge is 2.25. The fraction of sp³-hybridized carbons (Fsp3) is 0.0833. The molecule has 0 aliphatic carbocycles. The average molecular weight is 418 g/mol. The van der Waals surface area contributed by atoms with Crippen LogP contribution >= 0.6 is 0 Å². The van der Waals surface area contributed by atoms with Crippen molar-refractivity contribution in [1.82, 2.24) is 4.40 Å². The van der Waals surface area contributed by atoms with Gasteiger partial charge in [0, 0.05) is 23.3 Å². The molecule has 0 atom stereocenters. The highest BCUT2D eigenvalue weighted by atomic mass is 19.1. The molecule has 2 heterocycles. The monoisotopic (exact) mass is 418 g/mol. The van der Waals surface area contributed by atoms with E-state index in [-0.39, 0.29) is 11.5 Å². The first-order valence-electron chi connectivity index (χ1n) is 9.45. The number of Topliss-reactive ketones (excluding diaryl/α,β-unsaturated/α-hetero) is 1. The number of ether oxygens (including phenoxy) is 2. The molecule has 31 heavy (non-hydrogen) atoms. The van der Waals surface area contributed by atoms with Gasteiger partial charge < -0.3 is 19.2 Å². The Morgan fingerprint density at radius 2 is 1.71 bits per heavy atom. The summed E-state index contributed by atoms with van der Waals surface area (Å²) in [5, 5.41) is 2.61. The second kappa shape index (κ2) is 8.31. The van der Waals surface area contributed by atoms with E-state index >= 15 is 0 Å². The smallest absolute Gasteiger partial charge is 0.298 e. The number of anilines is 1. The van der Waals surface area contributed by atoms with E-state index in [2.05, 4.69) is 5.32 Å². The number of carbonyl (C=O) groups is 2. The minimum absolute atomic E-state index is 0.182. The van der Waals surface area contributed by atoms with E-state index in [0.29, 0.717) is 28.3 Å². The van der Waals surface area contributed by atoms with Crippen LogP contribution in [0.1, 0.15) is 10.5 Å². The molecular formula is C24H19FN2O4. The molecule has 0 saturated carbocycles. The molecule has 1 amide bonds. The fourth-order valence-electron chi connectivity index (χ4n) is 3.40. The van der Waals surface area contributed by atoms with Crippen molar-refractivity contribution in [2.24, 2.45) is 0 Å². The first kappa shape index (κ1) is 20.2. The predicted molar refractivity (Wildman–Crippen MR) is 115 cm³/mol. The van der Waals surface area contributed by atoms with Crippen LogP contribution in [0.25, 0.3) is 16.6 Å². The van der Waals surface area contributed by atoms with Crippen LogP contribution in [0.15, 0.2) is 72.9 Å². The van der Waals surface area contributed by atoms with Crippen molar-refractivity contribution in [3.8, 4) is 22.6 Å². The van der Waals surface area contributed by atoms with Crippen LogP contribution in [0.3, 0.4) is 0 Å². The Morgan fingerprint density at radius 1 is 0.935 bits per heavy atom. The molecule has 156 valence electrons. The number of halogens is 1. The number of hydrogen-bond donors (Lipinski definition) is 1. The molecule has 0 saturated heterocycles. The molecule has 0 fully saturated rings. The van der Waals surface area contributed by atoms with Crippen molar-refractivity contribution in [3.05, 3.63) is 84.4 Å². The van der Waals surface area contributed by atoms with E-state index in [1.807, 2.05) is 12.1 Å². The van der Waals surface area contributed by atoms with Gasteiger partial charge in [-0.05, 0) is 48.0 Å². The molecule has 7 heteroatoms. The highest BCUT2D eigenvalue weighted by Crippen LogP contribution is 2.31. The molecule has 4 rings (SSSR count). The van der Waals surface area contributed by atoms with Gasteiger partial charge in [0.15, 0.2) is 0 Å². The molecule has 0 aliphatic heterocycles. The third kappa shape index (κ3) is 3.85. The maximum Gasteiger partial charge on any atom is 0.298 e. The Balaban J connectivity index is 1.76. The Labute approximate surface area is 177 Å². The second-order valence-corrected chi connectivity index (χ2v) is 6.76. The summed E-state index contributed by atoms with van der Waals surface area (Å²) in [6.45, 7) is 0. The van der Waals surface area contributed by atoms with Gasteiger partial charge in [-0.2, -0.15) is 0 Å². The molecule has 4 aromatic rings. The lowest BCUT2D eigenvalue weighted by Gasteiger charge is -2.12. The number of fused-ring (bicyclic) bond motifs is 1. The first-order chi connectivity index (χ1) is 15.0. The number of ketones is 1. The van der Waals surface area contributed by atoms with Gasteiger partial charge in [-0.25, -0.2) is 4.39 Å². The SMILES string of the molecule is COc1ccc(OC)c(NC(=O)C(=O)c2c(-c3ccc(F)cc3)cc3ccccn23)c1. The standard InChI is InChI=1S/C24H19FN2O4/c1-30-18-10-11-21(31-2)20(14-18)26-24(29)23(28)22-19(15-6-8-16(25)9-7-15)13-17-5-3-4-12-27(17)22/h3-14H,1-2H3,(H,26,29). The van der Waals surface area contributed by atoms with Crippen molar-refractivity contribution >= 4 is 22.9 Å². The van der Waals surface area contributed by atoms with Gasteiger partial charge in [0.1, 0.15) is 23.0 Å². The summed E-state index contributed by atoms with van der Waals surface area (Å²) in [4.78, 5) is 26.2. The summed E-state index contributed by atoms with van der Waals surface area (Å²) in [6.07, 6.45) is 1.70. The minimum atomic E-state index is -0.834. The van der Waals surface area contributed by atoms with Crippen molar-refractivity contribution in [2.45, 2.75) is 0 Å². The molecule has 2 aromatic heterocycles. The zero-order valence-electron chi connectivity index (χ0n) is 16.9. The number of rotatable bonds is 6. The lowest BCUT2D eigenvalue weighted by molar-refractivity contribution is -0.112. The fourth-order valence-corrected chi connectivity index (χ4v) is 3.40. The first-order valence-corrected chi connectivity index (χ1v) is 9.45. The maximum absolute atomic E-state index is 13.4. The van der Waals surface area contributed by atoms with Crippen LogP contribution < -0.4 is 14.8 Å². The molecule has 6 nitrogen and oxygen atoms in total. The van der Waals surface area contributed by atoms with Gasteiger partial charge in [0.05, 0.1) is 19.9 Å². The summed E-state index contributed by atoms with van der Waals surface area (Å²) in [5.74, 6) is -1.07. The molecule has 1 N–H and O–H groups in total. The van der Waals surface area contributed by atoms with Crippen LogP contribution in [0, 0.1) is 5.82 Å². The zero-order chi connectivity index (χ0) is 22.0. The number of nitrogens with one attached hydrogen (secondary N) is 1. The molecule has 0 unspecified atom stereocenters. The van der Waals surface area contributed by atoms with Crippen LogP contribution in [0.4, 0.5) is 10.1 Å². The van der Waals surface area contributed by atoms with Gasteiger partial charge in [-0.3, -0.25) is 9.59 Å². The van der Waals surface area contributed by atoms with Gasteiger partial charge in [0.25, 0.3) is 11.7 Å². The Hall–Kier alpha value is -4.13. The molecule has 2 aromatic carbocycles. The summed E-state index contributed by atoms with van der Waals surface area (Å²) >= 11 is 0. The summed E-state index contributed by atoms with van der Waals surface area (Å²) in [5.41, 5.74) is 2.38. The number of carbonyl (C=O) groups excluding carboxylic acids is 2. The van der Waals surface area contributed by atoms with Gasteiger partial charge >= 0.3 is 0 Å². The van der Waals surface area contributed by atoms with E-state index in [1.54, 1.807) is 53.1 Å². The Kier molecular flexibility index (Phi) is 5.41. The molecule has 0 aliphatic rings. The summed E-state index contributed by atoms with van der Waals surface area (Å²) in [6, 6.07) is 17.9. The number of methoxy groups -OCH3 is 2. The van der Waals surface area contributed by atoms with Crippen molar-refractivity contribution in [1.29, 1.82) is 0 Å². The van der Waals surface area contributed by atoms with Crippen LogP contribution in [-0.2, 0) is 4.79 Å². The minimum Gasteiger partial charge on any atom is -0.497 e. The van der Waals surface area contributed by atoms with Gasteiger partial charge in [-0.1, -0.05) is 18.2 Å². The summed E-state index contributed by atoms with van der Waals surface area (Å²) in [7, 11) is 2.97. The molecular weight excluding hydrogens is 399 g/mol. The number of pyridine rings is 1. The van der Waals surface area contributed by atoms with E-state index in [1.165, 1.54) is 26.4 Å². The number of aromatic nitrogens is 1. The quantitative estimate of drug-likeness (QED) is 0.368. The molecule has 0 spiro atoms. The van der Waals surface area contributed by atoms with E-state index in [9.17, 15) is 14.0 Å². The van der Waals surface area contributed by atoms with E-state index < -0.39 is 11.7 Å². The number of benzene rings is 2. The number of hydrogen-bond acceptors (Lipinski definition) is 4. The third-order valence-electron chi connectivity index (χ3n) is 4.91. The van der Waals surface area contributed by atoms with Crippen LogP contribution in [0.2, 0.25) is 0 Å². The largest absolute Gasteiger partial charge is 0.497 e. The normalized spacial score (nSPS) is 10.7. The lowest BCUT2D eigenvalue weighted by Crippen LogP contribution is -2.25. The number of nitrogens with zero attached hydrogens (tertiary/aromatic N) is 1. The number of amides is 1.